The van der Waals surface area contributed by atoms with Gasteiger partial charge in [-0.25, -0.2) is 9.59 Å². The summed E-state index contributed by atoms with van der Waals surface area (Å²) in [7, 11) is 0. The zero-order valence-electron chi connectivity index (χ0n) is 16.9. The highest BCUT2D eigenvalue weighted by molar-refractivity contribution is 6.02. The second-order valence-electron chi connectivity index (χ2n) is 7.28. The van der Waals surface area contributed by atoms with Gasteiger partial charge in [0.25, 0.3) is 5.91 Å². The van der Waals surface area contributed by atoms with Crippen LogP contribution in [0.15, 0.2) is 24.3 Å². The molecule has 0 aliphatic carbocycles. The number of carbonyl (C=O) groups is 4. The van der Waals surface area contributed by atoms with Crippen LogP contribution in [0.25, 0.3) is 0 Å². The molecule has 1 atom stereocenters. The van der Waals surface area contributed by atoms with Gasteiger partial charge in [-0.05, 0) is 46.2 Å². The smallest absolute Gasteiger partial charge is 0.339 e. The predicted molar refractivity (Wildman–Crippen MR) is 102 cm³/mol. The van der Waals surface area contributed by atoms with E-state index in [0.29, 0.717) is 5.56 Å². The summed E-state index contributed by atoms with van der Waals surface area (Å²) in [4.78, 5) is 51.7. The molecule has 152 valence electrons. The number of urea groups is 1. The minimum atomic E-state index is -0.956. The highest BCUT2D eigenvalue weighted by atomic mass is 16.5. The minimum Gasteiger partial charge on any atom is -0.449 e. The third-order valence-corrected chi connectivity index (χ3v) is 4.50. The second-order valence-corrected chi connectivity index (χ2v) is 7.28. The van der Waals surface area contributed by atoms with E-state index in [4.69, 9.17) is 4.74 Å². The van der Waals surface area contributed by atoms with Gasteiger partial charge in [0.1, 0.15) is 0 Å². The van der Waals surface area contributed by atoms with Crippen LogP contribution in [0.5, 0.6) is 0 Å². The van der Waals surface area contributed by atoms with Crippen LogP contribution in [0.2, 0.25) is 0 Å². The summed E-state index contributed by atoms with van der Waals surface area (Å²) >= 11 is 0. The van der Waals surface area contributed by atoms with Gasteiger partial charge in [-0.1, -0.05) is 18.2 Å². The summed E-state index contributed by atoms with van der Waals surface area (Å²) in [6.07, 6.45) is -0.956. The fourth-order valence-electron chi connectivity index (χ4n) is 3.23. The van der Waals surface area contributed by atoms with Crippen molar-refractivity contribution in [1.29, 1.82) is 0 Å². The number of rotatable bonds is 7. The van der Waals surface area contributed by atoms with Crippen LogP contribution in [0.3, 0.4) is 0 Å². The van der Waals surface area contributed by atoms with E-state index in [9.17, 15) is 19.2 Å². The summed E-state index contributed by atoms with van der Waals surface area (Å²) in [5, 5.41) is 2.44. The van der Waals surface area contributed by atoms with Crippen molar-refractivity contribution in [1.82, 2.24) is 15.1 Å². The average Bonchev–Trinajstić information content (AvgIpc) is 2.93. The molecule has 1 fully saturated rings. The molecule has 0 saturated carbocycles. The molecular weight excluding hydrogens is 362 g/mol. The minimum absolute atomic E-state index is 0.0272. The van der Waals surface area contributed by atoms with E-state index in [1.165, 1.54) is 6.92 Å². The topological polar surface area (TPSA) is 96.0 Å². The molecule has 1 saturated heterocycles. The highest BCUT2D eigenvalue weighted by Crippen LogP contribution is 2.17. The Labute approximate surface area is 164 Å². The molecule has 1 heterocycles. The number of esters is 1. The number of amides is 4. The van der Waals surface area contributed by atoms with Crippen molar-refractivity contribution in [3.8, 4) is 0 Å². The largest absolute Gasteiger partial charge is 0.449 e. The fraction of sp³-hybridized carbons (Fsp3) is 0.500. The molecule has 2 rings (SSSR count). The van der Waals surface area contributed by atoms with E-state index in [2.05, 4.69) is 5.32 Å². The number of hydrogen-bond acceptors (Lipinski definition) is 5. The molecule has 0 aromatic heterocycles. The molecule has 0 bridgehead atoms. The van der Waals surface area contributed by atoms with Gasteiger partial charge in [0.15, 0.2) is 6.10 Å². The van der Waals surface area contributed by atoms with Gasteiger partial charge in [0.2, 0.25) is 5.91 Å². The number of ether oxygens (including phenoxy) is 1. The summed E-state index contributed by atoms with van der Waals surface area (Å²) in [6, 6.07) is 6.01. The van der Waals surface area contributed by atoms with Crippen LogP contribution in [-0.4, -0.2) is 58.3 Å². The van der Waals surface area contributed by atoms with Gasteiger partial charge in [-0.15, -0.1) is 0 Å². The first-order chi connectivity index (χ1) is 13.1. The van der Waals surface area contributed by atoms with Gasteiger partial charge in [-0.3, -0.25) is 14.5 Å². The van der Waals surface area contributed by atoms with E-state index < -0.39 is 18.1 Å². The Bertz CT molecular complexity index is 751. The molecule has 0 spiro atoms. The lowest BCUT2D eigenvalue weighted by Gasteiger charge is -2.32. The molecular formula is C20H27N3O5. The van der Waals surface area contributed by atoms with Crippen molar-refractivity contribution in [2.24, 2.45) is 0 Å². The molecule has 8 heteroatoms. The third-order valence-electron chi connectivity index (χ3n) is 4.50. The highest BCUT2D eigenvalue weighted by Gasteiger charge is 2.31. The Morgan fingerprint density at radius 2 is 1.71 bits per heavy atom. The summed E-state index contributed by atoms with van der Waals surface area (Å²) in [5.74, 6) is -1.30. The van der Waals surface area contributed by atoms with E-state index >= 15 is 0 Å². The number of nitrogens with one attached hydrogen (secondary N) is 1. The predicted octanol–water partition coefficient (Wildman–Crippen LogP) is 1.93. The van der Waals surface area contributed by atoms with Crippen LogP contribution in [0, 0.1) is 0 Å². The van der Waals surface area contributed by atoms with Gasteiger partial charge in [0, 0.05) is 12.1 Å². The van der Waals surface area contributed by atoms with Crippen molar-refractivity contribution in [2.45, 2.75) is 59.4 Å². The maximum Gasteiger partial charge on any atom is 0.339 e. The van der Waals surface area contributed by atoms with E-state index in [1.54, 1.807) is 29.2 Å². The Kier molecular flexibility index (Phi) is 6.77. The first-order valence-corrected chi connectivity index (χ1v) is 9.32. The van der Waals surface area contributed by atoms with Crippen molar-refractivity contribution in [3.05, 3.63) is 35.4 Å². The maximum absolute atomic E-state index is 12.7. The van der Waals surface area contributed by atoms with Crippen LogP contribution >= 0.6 is 0 Å². The van der Waals surface area contributed by atoms with Crippen molar-refractivity contribution in [2.75, 3.05) is 6.54 Å². The lowest BCUT2D eigenvalue weighted by Crippen LogP contribution is -2.47. The standard InChI is InChI=1S/C20H27N3O5/c1-12(2)23(13(3)4)18(25)14(5)28-19(26)16-9-7-6-8-15(16)11-22-17(24)10-21-20(22)27/h6-9,12-14H,10-11H2,1-5H3,(H,21,27). The van der Waals surface area contributed by atoms with Gasteiger partial charge in [-0.2, -0.15) is 0 Å². The SMILES string of the molecule is CC(OC(=O)c1ccccc1CN1C(=O)CNC1=O)C(=O)N(C(C)C)C(C)C. The molecule has 28 heavy (non-hydrogen) atoms. The third kappa shape index (κ3) is 4.68. The van der Waals surface area contributed by atoms with Gasteiger partial charge in [0.05, 0.1) is 18.7 Å². The molecule has 4 amide bonds. The van der Waals surface area contributed by atoms with Crippen molar-refractivity contribution in [3.63, 3.8) is 0 Å². The molecule has 0 radical (unpaired) electrons. The molecule has 1 aliphatic rings. The first-order valence-electron chi connectivity index (χ1n) is 9.32. The summed E-state index contributed by atoms with van der Waals surface area (Å²) in [6.45, 7) is 9.05. The van der Waals surface area contributed by atoms with Crippen LogP contribution in [-0.2, 0) is 20.9 Å². The zero-order chi connectivity index (χ0) is 21.0. The summed E-state index contributed by atoms with van der Waals surface area (Å²) < 4.78 is 5.40. The Hall–Kier alpha value is -2.90. The van der Waals surface area contributed by atoms with E-state index in [1.807, 2.05) is 27.7 Å². The maximum atomic E-state index is 12.7. The molecule has 8 nitrogen and oxygen atoms in total. The molecule has 1 aromatic rings. The van der Waals surface area contributed by atoms with Crippen molar-refractivity contribution < 1.29 is 23.9 Å². The Morgan fingerprint density at radius 3 is 2.25 bits per heavy atom. The van der Waals surface area contributed by atoms with Crippen LogP contribution in [0.4, 0.5) is 4.79 Å². The molecule has 1 aliphatic heterocycles. The second kappa shape index (κ2) is 8.86. The average molecular weight is 389 g/mol. The van der Waals surface area contributed by atoms with Gasteiger partial charge >= 0.3 is 12.0 Å². The molecule has 1 aromatic carbocycles. The number of nitrogens with zero attached hydrogens (tertiary/aromatic N) is 2. The van der Waals surface area contributed by atoms with Crippen LogP contribution in [0.1, 0.15) is 50.5 Å². The van der Waals surface area contributed by atoms with Crippen LogP contribution < -0.4 is 5.32 Å². The quantitative estimate of drug-likeness (QED) is 0.568. The first kappa shape index (κ1) is 21.4. The monoisotopic (exact) mass is 389 g/mol. The van der Waals surface area contributed by atoms with Crippen molar-refractivity contribution >= 4 is 23.8 Å². The van der Waals surface area contributed by atoms with E-state index in [-0.39, 0.29) is 42.6 Å². The Morgan fingerprint density at radius 1 is 1.11 bits per heavy atom. The fourth-order valence-corrected chi connectivity index (χ4v) is 3.23. The van der Waals surface area contributed by atoms with Gasteiger partial charge < -0.3 is 15.0 Å². The normalized spacial score (nSPS) is 15.0. The lowest BCUT2D eigenvalue weighted by molar-refractivity contribution is -0.143. The molecule has 1 N–H and O–H groups in total. The number of benzene rings is 1. The lowest BCUT2D eigenvalue weighted by atomic mass is 10.1. The Balaban J connectivity index is 2.15. The number of imide groups is 1. The zero-order valence-corrected chi connectivity index (χ0v) is 16.9. The number of hydrogen-bond donors (Lipinski definition) is 1. The number of carbonyl (C=O) groups excluding carboxylic acids is 4. The van der Waals surface area contributed by atoms with E-state index in [0.717, 1.165) is 4.90 Å². The summed E-state index contributed by atoms with van der Waals surface area (Å²) in [5.41, 5.74) is 0.692. The molecule has 1 unspecified atom stereocenters.